The summed E-state index contributed by atoms with van der Waals surface area (Å²) >= 11 is 0. The van der Waals surface area contributed by atoms with Gasteiger partial charge in [-0.25, -0.2) is 0 Å². The molecule has 178 valence electrons. The van der Waals surface area contributed by atoms with Gasteiger partial charge in [-0.1, -0.05) is 13.2 Å². The van der Waals surface area contributed by atoms with Crippen molar-refractivity contribution in [2.24, 2.45) is 0 Å². The van der Waals surface area contributed by atoms with Crippen LogP contribution in [0, 0.1) is 0 Å². The van der Waals surface area contributed by atoms with E-state index < -0.39 is 0 Å². The average molecular weight is 454 g/mol. The zero-order valence-corrected chi connectivity index (χ0v) is 20.4. The Bertz CT molecular complexity index is 1010. The van der Waals surface area contributed by atoms with E-state index in [1.54, 1.807) is 14.2 Å². The van der Waals surface area contributed by atoms with E-state index in [-0.39, 0.29) is 17.6 Å². The molecule has 3 heterocycles. The second-order valence-corrected chi connectivity index (χ2v) is 9.11. The molecule has 3 aliphatic rings. The molecule has 1 aromatic carbocycles. The molecule has 2 atom stereocenters. The molecule has 1 fully saturated rings. The van der Waals surface area contributed by atoms with E-state index >= 15 is 0 Å². The minimum absolute atomic E-state index is 0.114. The maximum atomic E-state index is 6.31. The van der Waals surface area contributed by atoms with Crippen molar-refractivity contribution in [2.75, 3.05) is 40.6 Å². The van der Waals surface area contributed by atoms with E-state index in [2.05, 4.69) is 56.3 Å². The molecule has 3 aliphatic heterocycles. The normalized spacial score (nSPS) is 22.6. The van der Waals surface area contributed by atoms with Crippen molar-refractivity contribution in [1.82, 2.24) is 4.90 Å². The molecule has 0 N–H and O–H groups in total. The fraction of sp³-hybridized carbons (Fsp3) is 0.481. The van der Waals surface area contributed by atoms with Gasteiger partial charge in [0.05, 0.1) is 38.6 Å². The Kier molecular flexibility index (Phi) is 6.59. The highest BCUT2D eigenvalue weighted by molar-refractivity contribution is 5.79. The van der Waals surface area contributed by atoms with Gasteiger partial charge in [0.15, 0.2) is 11.5 Å². The highest BCUT2D eigenvalue weighted by Crippen LogP contribution is 2.53. The molecule has 0 aliphatic carbocycles. The first-order valence-corrected chi connectivity index (χ1v) is 11.5. The predicted molar refractivity (Wildman–Crippen MR) is 129 cm³/mol. The van der Waals surface area contributed by atoms with E-state index in [1.807, 2.05) is 6.92 Å². The van der Waals surface area contributed by atoms with Gasteiger partial charge in [0, 0.05) is 49.1 Å². The molecule has 0 amide bonds. The molecule has 0 radical (unpaired) electrons. The van der Waals surface area contributed by atoms with E-state index in [1.165, 1.54) is 5.56 Å². The predicted octanol–water partition coefficient (Wildman–Crippen LogP) is 5.03. The van der Waals surface area contributed by atoms with E-state index in [0.29, 0.717) is 37.9 Å². The summed E-state index contributed by atoms with van der Waals surface area (Å²) in [5.74, 6) is 2.28. The van der Waals surface area contributed by atoms with Crippen LogP contribution < -0.4 is 9.47 Å². The Morgan fingerprint density at radius 2 is 2.00 bits per heavy atom. The zero-order valence-electron chi connectivity index (χ0n) is 20.4. The lowest BCUT2D eigenvalue weighted by molar-refractivity contribution is 0.00923. The maximum Gasteiger partial charge on any atom is 0.161 e. The quantitative estimate of drug-likeness (QED) is 0.386. The van der Waals surface area contributed by atoms with Gasteiger partial charge < -0.3 is 28.6 Å². The average Bonchev–Trinajstić information content (AvgIpc) is 3.11. The Balaban J connectivity index is 1.79. The number of hydrogen-bond acceptors (Lipinski definition) is 6. The standard InChI is InChI=1S/C27H35NO5/c1-8-31-18(3)21-15-28-23(12-17(21)2)20-14-24(30-7)25(32-11-9-10-29-6)13-19(20)22-16-33-27(4,5)26(22)28/h12-15,22,26H,2-3,8-11,16H2,1,4-7H3/t22-,26+/m1/s1. The van der Waals surface area contributed by atoms with Crippen molar-refractivity contribution in [3.8, 4) is 11.5 Å². The number of benzene rings is 1. The Hall–Kier alpha value is -2.70. The summed E-state index contributed by atoms with van der Waals surface area (Å²) in [6.45, 7) is 17.1. The minimum atomic E-state index is -0.339. The fourth-order valence-corrected chi connectivity index (χ4v) is 5.08. The fourth-order valence-electron chi connectivity index (χ4n) is 5.08. The van der Waals surface area contributed by atoms with Gasteiger partial charge in [-0.3, -0.25) is 0 Å². The second kappa shape index (κ2) is 9.27. The van der Waals surface area contributed by atoms with Crippen LogP contribution in [0.1, 0.15) is 44.2 Å². The zero-order chi connectivity index (χ0) is 23.8. The third kappa shape index (κ3) is 4.18. The molecule has 1 saturated heterocycles. The first kappa shape index (κ1) is 23.5. The van der Waals surface area contributed by atoms with Crippen LogP contribution in [0.2, 0.25) is 0 Å². The molecular formula is C27H35NO5. The molecule has 6 heteroatoms. The Labute approximate surface area is 197 Å². The molecule has 0 saturated carbocycles. The number of ether oxygens (including phenoxy) is 5. The van der Waals surface area contributed by atoms with Gasteiger partial charge in [-0.2, -0.15) is 0 Å². The van der Waals surface area contributed by atoms with E-state index in [0.717, 1.165) is 34.6 Å². The Morgan fingerprint density at radius 1 is 1.21 bits per heavy atom. The molecule has 0 spiro atoms. The number of fused-ring (bicyclic) bond motifs is 6. The van der Waals surface area contributed by atoms with Crippen LogP contribution in [0.5, 0.6) is 11.5 Å². The lowest BCUT2D eigenvalue weighted by Crippen LogP contribution is -2.49. The summed E-state index contributed by atoms with van der Waals surface area (Å²) in [5.41, 5.74) is 4.84. The molecule has 1 aromatic rings. The first-order chi connectivity index (χ1) is 15.8. The molecule has 6 nitrogen and oxygen atoms in total. The van der Waals surface area contributed by atoms with Gasteiger partial charge in [0.1, 0.15) is 5.76 Å². The van der Waals surface area contributed by atoms with Crippen LogP contribution in [-0.2, 0) is 14.2 Å². The number of methoxy groups -OCH3 is 2. The van der Waals surface area contributed by atoms with Crippen molar-refractivity contribution < 1.29 is 23.7 Å². The van der Waals surface area contributed by atoms with Crippen molar-refractivity contribution in [1.29, 1.82) is 0 Å². The van der Waals surface area contributed by atoms with Crippen LogP contribution >= 0.6 is 0 Å². The lowest BCUT2D eigenvalue weighted by atomic mass is 9.76. The van der Waals surface area contributed by atoms with Crippen molar-refractivity contribution in [3.05, 3.63) is 65.6 Å². The first-order valence-electron chi connectivity index (χ1n) is 11.5. The smallest absolute Gasteiger partial charge is 0.161 e. The van der Waals surface area contributed by atoms with Crippen LogP contribution in [-0.4, -0.2) is 57.2 Å². The SMILES string of the molecule is C=C1C=C2c3cc(OC)c(OCCCOC)cc3[C@H]3COC(C)(C)[C@H]3N2C=C1C(=C)OCC. The van der Waals surface area contributed by atoms with Gasteiger partial charge in [0.25, 0.3) is 0 Å². The largest absolute Gasteiger partial charge is 0.494 e. The second-order valence-electron chi connectivity index (χ2n) is 9.11. The number of hydrogen-bond donors (Lipinski definition) is 0. The number of nitrogens with zero attached hydrogens (tertiary/aromatic N) is 1. The van der Waals surface area contributed by atoms with Gasteiger partial charge in [0.2, 0.25) is 0 Å². The number of allylic oxidation sites excluding steroid dienone is 2. The summed E-state index contributed by atoms with van der Waals surface area (Å²) in [6, 6.07) is 4.32. The molecule has 33 heavy (non-hydrogen) atoms. The van der Waals surface area contributed by atoms with E-state index in [9.17, 15) is 0 Å². The molecule has 4 rings (SSSR count). The van der Waals surface area contributed by atoms with Crippen molar-refractivity contribution in [2.45, 2.75) is 44.8 Å². The number of rotatable bonds is 9. The van der Waals surface area contributed by atoms with Crippen LogP contribution in [0.15, 0.2) is 54.5 Å². The summed E-state index contributed by atoms with van der Waals surface area (Å²) in [5, 5.41) is 0. The third-order valence-corrected chi connectivity index (χ3v) is 6.61. The summed E-state index contributed by atoms with van der Waals surface area (Å²) in [7, 11) is 3.37. The molecule has 0 unspecified atom stereocenters. The van der Waals surface area contributed by atoms with Gasteiger partial charge in [-0.05, 0) is 50.1 Å². The lowest BCUT2D eigenvalue weighted by Gasteiger charge is -2.46. The topological polar surface area (TPSA) is 49.4 Å². The van der Waals surface area contributed by atoms with Crippen LogP contribution in [0.4, 0.5) is 0 Å². The van der Waals surface area contributed by atoms with E-state index in [4.69, 9.17) is 23.7 Å². The summed E-state index contributed by atoms with van der Waals surface area (Å²) < 4.78 is 29.0. The summed E-state index contributed by atoms with van der Waals surface area (Å²) in [4.78, 5) is 2.31. The monoisotopic (exact) mass is 453 g/mol. The maximum absolute atomic E-state index is 6.31. The van der Waals surface area contributed by atoms with Gasteiger partial charge in [-0.15, -0.1) is 0 Å². The highest BCUT2D eigenvalue weighted by atomic mass is 16.5. The third-order valence-electron chi connectivity index (χ3n) is 6.61. The minimum Gasteiger partial charge on any atom is -0.494 e. The molecule has 0 aromatic heterocycles. The molecular weight excluding hydrogens is 418 g/mol. The van der Waals surface area contributed by atoms with Crippen molar-refractivity contribution >= 4 is 5.70 Å². The van der Waals surface area contributed by atoms with Crippen LogP contribution in [0.25, 0.3) is 5.70 Å². The highest BCUT2D eigenvalue weighted by Gasteiger charge is 2.52. The van der Waals surface area contributed by atoms with Crippen molar-refractivity contribution in [3.63, 3.8) is 0 Å². The Morgan fingerprint density at radius 3 is 2.70 bits per heavy atom. The summed E-state index contributed by atoms with van der Waals surface area (Å²) in [6.07, 6.45) is 5.05. The molecule has 0 bridgehead atoms. The van der Waals surface area contributed by atoms with Gasteiger partial charge >= 0.3 is 0 Å². The van der Waals surface area contributed by atoms with Crippen LogP contribution in [0.3, 0.4) is 0 Å².